The van der Waals surface area contributed by atoms with E-state index in [9.17, 15) is 19.7 Å². The lowest BCUT2D eigenvalue weighted by Crippen LogP contribution is -2.37. The normalized spacial score (nSPS) is 13.9. The van der Waals surface area contributed by atoms with Crippen LogP contribution in [0, 0.1) is 10.1 Å². The monoisotopic (exact) mass is 347 g/mol. The molecule has 9 heteroatoms. The molecule has 2 N–H and O–H groups in total. The zero-order valence-electron chi connectivity index (χ0n) is 9.64. The Labute approximate surface area is 120 Å². The van der Waals surface area contributed by atoms with Gasteiger partial charge in [-0.05, 0) is 28.8 Å². The molecule has 1 saturated carbocycles. The molecule has 1 aliphatic rings. The number of amides is 2. The first-order valence-electron chi connectivity index (χ1n) is 5.48. The van der Waals surface area contributed by atoms with Crippen LogP contribution in [0.2, 0.25) is 0 Å². The van der Waals surface area contributed by atoms with Crippen LogP contribution in [0.1, 0.15) is 22.5 Å². The highest BCUT2D eigenvalue weighted by molar-refractivity contribution is 9.11. The van der Waals surface area contributed by atoms with Crippen LogP contribution in [0.4, 0.5) is 5.69 Å². The van der Waals surface area contributed by atoms with Gasteiger partial charge >= 0.3 is 0 Å². The second-order valence-corrected chi connectivity index (χ2v) is 6.48. The van der Waals surface area contributed by atoms with Gasteiger partial charge in [-0.1, -0.05) is 0 Å². The van der Waals surface area contributed by atoms with Gasteiger partial charge in [0.05, 0.1) is 15.3 Å². The number of thiophene rings is 1. The van der Waals surface area contributed by atoms with Crippen LogP contribution in [-0.2, 0) is 4.79 Å². The number of hydrogen-bond donors (Lipinski definition) is 2. The van der Waals surface area contributed by atoms with E-state index in [2.05, 4.69) is 26.6 Å². The van der Waals surface area contributed by atoms with Crippen molar-refractivity contribution in [3.63, 3.8) is 0 Å². The lowest BCUT2D eigenvalue weighted by molar-refractivity contribution is -0.384. The van der Waals surface area contributed by atoms with Gasteiger partial charge in [0.15, 0.2) is 4.88 Å². The number of rotatable bonds is 5. The molecule has 0 saturated heterocycles. The average Bonchev–Trinajstić information content (AvgIpc) is 3.05. The van der Waals surface area contributed by atoms with Crippen molar-refractivity contribution in [3.8, 4) is 0 Å². The average molecular weight is 348 g/mol. The van der Waals surface area contributed by atoms with E-state index in [1.807, 2.05) is 0 Å². The minimum Gasteiger partial charge on any atom is -0.352 e. The summed E-state index contributed by atoms with van der Waals surface area (Å²) in [5.41, 5.74) is -0.267. The zero-order chi connectivity index (χ0) is 14.0. The van der Waals surface area contributed by atoms with E-state index in [0.717, 1.165) is 24.2 Å². The van der Waals surface area contributed by atoms with Crippen molar-refractivity contribution >= 4 is 44.8 Å². The largest absolute Gasteiger partial charge is 0.352 e. The van der Waals surface area contributed by atoms with Crippen molar-refractivity contribution in [3.05, 3.63) is 24.8 Å². The molecule has 2 amide bonds. The molecule has 0 spiro atoms. The van der Waals surface area contributed by atoms with Gasteiger partial charge in [-0.2, -0.15) is 0 Å². The topological polar surface area (TPSA) is 101 Å². The number of carbonyl (C=O) groups excluding carboxylic acids is 2. The Hall–Kier alpha value is -1.48. The third kappa shape index (κ3) is 3.74. The van der Waals surface area contributed by atoms with Gasteiger partial charge < -0.3 is 10.6 Å². The van der Waals surface area contributed by atoms with Gasteiger partial charge in [0.2, 0.25) is 5.91 Å². The lowest BCUT2D eigenvalue weighted by atomic mass is 10.3. The molecule has 1 heterocycles. The zero-order valence-corrected chi connectivity index (χ0v) is 12.0. The summed E-state index contributed by atoms with van der Waals surface area (Å²) in [7, 11) is 0. The third-order valence-electron chi connectivity index (χ3n) is 2.44. The number of hydrogen-bond acceptors (Lipinski definition) is 5. The van der Waals surface area contributed by atoms with Crippen LogP contribution in [0.3, 0.4) is 0 Å². The van der Waals surface area contributed by atoms with E-state index in [1.54, 1.807) is 0 Å². The molecule has 7 nitrogen and oxygen atoms in total. The quantitative estimate of drug-likeness (QED) is 0.621. The van der Waals surface area contributed by atoms with Crippen molar-refractivity contribution in [2.24, 2.45) is 0 Å². The van der Waals surface area contributed by atoms with E-state index < -0.39 is 10.8 Å². The maximum absolute atomic E-state index is 11.8. The van der Waals surface area contributed by atoms with Crippen molar-refractivity contribution in [2.75, 3.05) is 6.54 Å². The van der Waals surface area contributed by atoms with E-state index in [0.29, 0.717) is 3.79 Å². The Morgan fingerprint density at radius 2 is 2.21 bits per heavy atom. The fourth-order valence-corrected chi connectivity index (χ4v) is 2.87. The Balaban J connectivity index is 1.95. The maximum Gasteiger partial charge on any atom is 0.294 e. The molecular formula is C10H10BrN3O4S. The van der Waals surface area contributed by atoms with E-state index in [4.69, 9.17) is 0 Å². The van der Waals surface area contributed by atoms with E-state index in [-0.39, 0.29) is 29.1 Å². The second-order valence-electron chi connectivity index (χ2n) is 4.05. The number of nitrogens with one attached hydrogen (secondary N) is 2. The van der Waals surface area contributed by atoms with E-state index >= 15 is 0 Å². The summed E-state index contributed by atoms with van der Waals surface area (Å²) >= 11 is 4.06. The van der Waals surface area contributed by atoms with Crippen LogP contribution >= 0.6 is 27.3 Å². The highest BCUT2D eigenvalue weighted by Gasteiger charge is 2.26. The molecule has 19 heavy (non-hydrogen) atoms. The first kappa shape index (κ1) is 13.9. The maximum atomic E-state index is 11.8. The third-order valence-corrected chi connectivity index (χ3v) is 4.06. The fourth-order valence-electron chi connectivity index (χ4n) is 1.40. The highest BCUT2D eigenvalue weighted by atomic mass is 79.9. The Morgan fingerprint density at radius 1 is 1.53 bits per heavy atom. The molecule has 0 radical (unpaired) electrons. The van der Waals surface area contributed by atoms with Crippen LogP contribution in [0.5, 0.6) is 0 Å². The van der Waals surface area contributed by atoms with Gasteiger partial charge in [0.1, 0.15) is 0 Å². The van der Waals surface area contributed by atoms with Gasteiger partial charge in [0, 0.05) is 12.1 Å². The summed E-state index contributed by atoms with van der Waals surface area (Å²) in [5, 5.41) is 15.8. The highest BCUT2D eigenvalue weighted by Crippen LogP contribution is 2.32. The van der Waals surface area contributed by atoms with Gasteiger partial charge in [0.25, 0.3) is 11.6 Å². The summed E-state index contributed by atoms with van der Waals surface area (Å²) in [4.78, 5) is 33.3. The Morgan fingerprint density at radius 3 is 2.79 bits per heavy atom. The van der Waals surface area contributed by atoms with Crippen LogP contribution in [-0.4, -0.2) is 29.3 Å². The predicted molar refractivity (Wildman–Crippen MR) is 72.2 cm³/mol. The molecule has 0 bridgehead atoms. The Bertz CT molecular complexity index is 541. The summed E-state index contributed by atoms with van der Waals surface area (Å²) < 4.78 is 0.492. The predicted octanol–water partition coefficient (Wildman–Crippen LogP) is 1.43. The number of nitrogens with zero attached hydrogens (tertiary/aromatic N) is 1. The number of carbonyl (C=O) groups is 2. The second kappa shape index (κ2) is 5.66. The summed E-state index contributed by atoms with van der Waals surface area (Å²) in [6, 6.07) is 1.48. The molecule has 1 aliphatic carbocycles. The van der Waals surface area contributed by atoms with Crippen molar-refractivity contribution in [2.45, 2.75) is 18.9 Å². The molecule has 1 aromatic rings. The van der Waals surface area contributed by atoms with Gasteiger partial charge in [-0.25, -0.2) is 0 Å². The molecule has 2 rings (SSSR count). The fraction of sp³-hybridized carbons (Fsp3) is 0.400. The molecule has 102 valence electrons. The summed E-state index contributed by atoms with van der Waals surface area (Å²) in [5.74, 6) is -0.900. The molecule has 0 unspecified atom stereocenters. The number of nitro groups is 1. The molecule has 0 aliphatic heterocycles. The Kier molecular flexibility index (Phi) is 4.15. The number of halogens is 1. The molecular weight excluding hydrogens is 338 g/mol. The summed E-state index contributed by atoms with van der Waals surface area (Å²) in [6.45, 7) is -0.179. The van der Waals surface area contributed by atoms with Crippen LogP contribution in [0.25, 0.3) is 0 Å². The molecule has 0 atom stereocenters. The SMILES string of the molecule is O=C(CNC(=O)c1sc(Br)cc1[N+](=O)[O-])NC1CC1. The lowest BCUT2D eigenvalue weighted by Gasteiger charge is -2.04. The standard InChI is InChI=1S/C10H10BrN3O4S/c11-7-3-6(14(17)18)9(19-7)10(16)12-4-8(15)13-5-1-2-5/h3,5H,1-2,4H2,(H,12,16)(H,13,15). The van der Waals surface area contributed by atoms with Crippen LogP contribution in [0.15, 0.2) is 9.85 Å². The first-order chi connectivity index (χ1) is 8.97. The van der Waals surface area contributed by atoms with E-state index in [1.165, 1.54) is 6.07 Å². The minimum atomic E-state index is -0.625. The van der Waals surface area contributed by atoms with Crippen LogP contribution < -0.4 is 10.6 Å². The minimum absolute atomic E-state index is 0.0175. The van der Waals surface area contributed by atoms with Crippen molar-refractivity contribution in [1.82, 2.24) is 10.6 Å². The molecule has 1 aromatic heterocycles. The molecule has 1 fully saturated rings. The van der Waals surface area contributed by atoms with Gasteiger partial charge in [-0.3, -0.25) is 19.7 Å². The van der Waals surface area contributed by atoms with Crippen molar-refractivity contribution < 1.29 is 14.5 Å². The summed E-state index contributed by atoms with van der Waals surface area (Å²) in [6.07, 6.45) is 1.92. The van der Waals surface area contributed by atoms with Gasteiger partial charge in [-0.15, -0.1) is 11.3 Å². The first-order valence-corrected chi connectivity index (χ1v) is 7.09. The smallest absolute Gasteiger partial charge is 0.294 e. The molecule has 0 aromatic carbocycles. The van der Waals surface area contributed by atoms with Crippen molar-refractivity contribution in [1.29, 1.82) is 0 Å².